The van der Waals surface area contributed by atoms with Gasteiger partial charge >= 0.3 is 0 Å². The lowest BCUT2D eigenvalue weighted by Crippen LogP contribution is -2.34. The summed E-state index contributed by atoms with van der Waals surface area (Å²) in [7, 11) is 0. The first-order valence-corrected chi connectivity index (χ1v) is 9.48. The van der Waals surface area contributed by atoms with Crippen LogP contribution < -0.4 is 16.0 Å². The van der Waals surface area contributed by atoms with Crippen LogP contribution in [0.5, 0.6) is 0 Å². The van der Waals surface area contributed by atoms with Crippen LogP contribution in [0.4, 0.5) is 5.69 Å². The fourth-order valence-electron chi connectivity index (χ4n) is 3.13. The van der Waals surface area contributed by atoms with E-state index < -0.39 is 0 Å². The van der Waals surface area contributed by atoms with Crippen LogP contribution >= 0.6 is 12.2 Å². The molecule has 0 aromatic heterocycles. The van der Waals surface area contributed by atoms with Crippen molar-refractivity contribution in [3.8, 4) is 0 Å². The van der Waals surface area contributed by atoms with Crippen molar-refractivity contribution in [3.63, 3.8) is 0 Å². The highest BCUT2D eigenvalue weighted by molar-refractivity contribution is 7.80. The summed E-state index contributed by atoms with van der Waals surface area (Å²) < 4.78 is 0. The van der Waals surface area contributed by atoms with Crippen LogP contribution in [0.2, 0.25) is 0 Å². The second-order valence-electron chi connectivity index (χ2n) is 6.48. The van der Waals surface area contributed by atoms with Gasteiger partial charge in [0.2, 0.25) is 5.91 Å². The first-order chi connectivity index (χ1) is 12.1. The largest absolute Gasteiger partial charge is 0.352 e. The zero-order valence-corrected chi connectivity index (χ0v) is 15.6. The normalized spacial score (nSPS) is 14.6. The summed E-state index contributed by atoms with van der Waals surface area (Å²) in [5, 5.41) is 8.74. The van der Waals surface area contributed by atoms with Gasteiger partial charge in [0.1, 0.15) is 0 Å². The average molecular weight is 362 g/mol. The molecule has 0 atom stereocenters. The molecular formula is C19H27N3O2S. The Labute approximate surface area is 155 Å². The Morgan fingerprint density at radius 2 is 1.80 bits per heavy atom. The summed E-state index contributed by atoms with van der Waals surface area (Å²) >= 11 is 5.19. The molecule has 0 unspecified atom stereocenters. The van der Waals surface area contributed by atoms with E-state index in [1.807, 2.05) is 6.92 Å². The Hall–Kier alpha value is -1.95. The standard InChI is InChI=1S/C19H27N3O2S/c1-2-20-18(24)15-9-11-16(12-10-15)21-19(25)22-17(23)13-8-14-6-4-3-5-7-14/h9-12,14H,2-8,13H2,1H3,(H,20,24)(H2,21,22,23,25). The fraction of sp³-hybridized carbons (Fsp3) is 0.526. The van der Waals surface area contributed by atoms with Gasteiger partial charge in [0, 0.05) is 24.2 Å². The molecule has 1 aliphatic rings. The van der Waals surface area contributed by atoms with Gasteiger partial charge in [-0.15, -0.1) is 0 Å². The number of benzene rings is 1. The minimum absolute atomic E-state index is 0.0398. The third kappa shape index (κ3) is 6.82. The molecule has 136 valence electrons. The Bertz CT molecular complexity index is 595. The molecule has 5 nitrogen and oxygen atoms in total. The third-order valence-corrected chi connectivity index (χ3v) is 4.70. The summed E-state index contributed by atoms with van der Waals surface area (Å²) in [5.74, 6) is 0.539. The summed E-state index contributed by atoms with van der Waals surface area (Å²) in [6.07, 6.45) is 7.85. The number of rotatable bonds is 6. The number of nitrogens with one attached hydrogen (secondary N) is 3. The number of hydrogen-bond acceptors (Lipinski definition) is 3. The van der Waals surface area contributed by atoms with Crippen LogP contribution in [-0.4, -0.2) is 23.5 Å². The van der Waals surface area contributed by atoms with Gasteiger partial charge in [-0.2, -0.15) is 0 Å². The van der Waals surface area contributed by atoms with Crippen molar-refractivity contribution in [1.29, 1.82) is 0 Å². The molecule has 1 aromatic carbocycles. The number of amides is 2. The maximum absolute atomic E-state index is 12.0. The maximum Gasteiger partial charge on any atom is 0.251 e. The number of carbonyl (C=O) groups is 2. The molecule has 0 heterocycles. The van der Waals surface area contributed by atoms with Gasteiger partial charge in [0.25, 0.3) is 5.91 Å². The average Bonchev–Trinajstić information content (AvgIpc) is 2.61. The van der Waals surface area contributed by atoms with Crippen molar-refractivity contribution in [2.75, 3.05) is 11.9 Å². The second kappa shape index (κ2) is 10.1. The van der Waals surface area contributed by atoms with E-state index in [-0.39, 0.29) is 11.8 Å². The van der Waals surface area contributed by atoms with Gasteiger partial charge in [-0.1, -0.05) is 32.1 Å². The van der Waals surface area contributed by atoms with E-state index in [4.69, 9.17) is 12.2 Å². The zero-order chi connectivity index (χ0) is 18.1. The van der Waals surface area contributed by atoms with Gasteiger partial charge in [0.15, 0.2) is 5.11 Å². The highest BCUT2D eigenvalue weighted by atomic mass is 32.1. The Balaban J connectivity index is 1.73. The molecule has 0 bridgehead atoms. The van der Waals surface area contributed by atoms with Gasteiger partial charge in [0.05, 0.1) is 0 Å². The van der Waals surface area contributed by atoms with Crippen molar-refractivity contribution in [2.24, 2.45) is 5.92 Å². The van der Waals surface area contributed by atoms with E-state index in [1.54, 1.807) is 24.3 Å². The summed E-state index contributed by atoms with van der Waals surface area (Å²) in [6, 6.07) is 6.98. The number of thiocarbonyl (C=S) groups is 1. The first kappa shape index (κ1) is 19.4. The smallest absolute Gasteiger partial charge is 0.251 e. The minimum atomic E-state index is -0.104. The van der Waals surface area contributed by atoms with Crippen LogP contribution in [0.3, 0.4) is 0 Å². The molecule has 0 aliphatic heterocycles. The molecule has 1 fully saturated rings. The van der Waals surface area contributed by atoms with Crippen LogP contribution in [0, 0.1) is 5.92 Å². The lowest BCUT2D eigenvalue weighted by atomic mass is 9.86. The highest BCUT2D eigenvalue weighted by Gasteiger charge is 2.15. The van der Waals surface area contributed by atoms with Crippen LogP contribution in [0.15, 0.2) is 24.3 Å². The summed E-state index contributed by atoms with van der Waals surface area (Å²) in [5.41, 5.74) is 1.33. The molecule has 1 aromatic rings. The Kier molecular flexibility index (Phi) is 7.85. The molecule has 1 saturated carbocycles. The molecule has 0 saturated heterocycles. The molecule has 2 amide bonds. The van der Waals surface area contributed by atoms with E-state index in [0.29, 0.717) is 29.6 Å². The lowest BCUT2D eigenvalue weighted by Gasteiger charge is -2.21. The van der Waals surface area contributed by atoms with E-state index in [2.05, 4.69) is 16.0 Å². The zero-order valence-electron chi connectivity index (χ0n) is 14.8. The monoisotopic (exact) mass is 361 g/mol. The summed E-state index contributed by atoms with van der Waals surface area (Å²) in [6.45, 7) is 2.47. The third-order valence-electron chi connectivity index (χ3n) is 4.50. The quantitative estimate of drug-likeness (QED) is 0.677. The van der Waals surface area contributed by atoms with Gasteiger partial charge < -0.3 is 16.0 Å². The molecule has 3 N–H and O–H groups in total. The number of hydrogen-bond donors (Lipinski definition) is 3. The van der Waals surface area contributed by atoms with Crippen molar-refractivity contribution in [3.05, 3.63) is 29.8 Å². The maximum atomic E-state index is 12.0. The fourth-order valence-corrected chi connectivity index (χ4v) is 3.36. The topological polar surface area (TPSA) is 70.2 Å². The summed E-state index contributed by atoms with van der Waals surface area (Å²) in [4.78, 5) is 23.7. The highest BCUT2D eigenvalue weighted by Crippen LogP contribution is 2.27. The van der Waals surface area contributed by atoms with Gasteiger partial charge in [-0.25, -0.2) is 0 Å². The van der Waals surface area contributed by atoms with Crippen molar-refractivity contribution < 1.29 is 9.59 Å². The van der Waals surface area contributed by atoms with Gasteiger partial charge in [-0.3, -0.25) is 9.59 Å². The van der Waals surface area contributed by atoms with Crippen molar-refractivity contribution >= 4 is 34.8 Å². The van der Waals surface area contributed by atoms with Crippen LogP contribution in [0.25, 0.3) is 0 Å². The lowest BCUT2D eigenvalue weighted by molar-refractivity contribution is -0.120. The molecule has 2 rings (SSSR count). The van der Waals surface area contributed by atoms with E-state index >= 15 is 0 Å². The SMILES string of the molecule is CCNC(=O)c1ccc(NC(=S)NC(=O)CCC2CCCCC2)cc1. The predicted octanol–water partition coefficient (Wildman–Crippen LogP) is 3.61. The predicted molar refractivity (Wildman–Crippen MR) is 105 cm³/mol. The molecule has 25 heavy (non-hydrogen) atoms. The van der Waals surface area contributed by atoms with E-state index in [9.17, 15) is 9.59 Å². The number of anilines is 1. The van der Waals surface area contributed by atoms with E-state index in [0.717, 1.165) is 12.1 Å². The minimum Gasteiger partial charge on any atom is -0.352 e. The molecular weight excluding hydrogens is 334 g/mol. The first-order valence-electron chi connectivity index (χ1n) is 9.07. The second-order valence-corrected chi connectivity index (χ2v) is 6.89. The van der Waals surface area contributed by atoms with E-state index in [1.165, 1.54) is 32.1 Å². The van der Waals surface area contributed by atoms with Crippen LogP contribution in [0.1, 0.15) is 62.2 Å². The molecule has 1 aliphatic carbocycles. The molecule has 6 heteroatoms. The molecule has 0 spiro atoms. The van der Waals surface area contributed by atoms with Gasteiger partial charge in [-0.05, 0) is 55.7 Å². The van der Waals surface area contributed by atoms with Crippen LogP contribution in [-0.2, 0) is 4.79 Å². The molecule has 0 radical (unpaired) electrons. The van der Waals surface area contributed by atoms with Crippen molar-refractivity contribution in [1.82, 2.24) is 10.6 Å². The Morgan fingerprint density at radius 3 is 2.44 bits per heavy atom. The van der Waals surface area contributed by atoms with Crippen molar-refractivity contribution in [2.45, 2.75) is 51.9 Å². The number of carbonyl (C=O) groups excluding carboxylic acids is 2. The Morgan fingerprint density at radius 1 is 1.12 bits per heavy atom.